The molecule has 2 aromatic rings. The normalized spacial score (nSPS) is 19.7. The predicted molar refractivity (Wildman–Crippen MR) is 101 cm³/mol. The quantitative estimate of drug-likeness (QED) is 0.780. The molecule has 0 aliphatic heterocycles. The van der Waals surface area contributed by atoms with Gasteiger partial charge in [-0.05, 0) is 37.3 Å². The molecule has 0 amide bonds. The maximum atomic E-state index is 12.8. The summed E-state index contributed by atoms with van der Waals surface area (Å²) in [4.78, 5) is 12.8. The summed E-state index contributed by atoms with van der Waals surface area (Å²) in [5, 5.41) is 13.4. The first-order valence-electron chi connectivity index (χ1n) is 9.61. The van der Waals surface area contributed by atoms with Crippen LogP contribution in [0.5, 0.6) is 0 Å². The molecule has 2 aromatic heterocycles. The van der Waals surface area contributed by atoms with E-state index in [1.807, 2.05) is 10.7 Å². The lowest BCUT2D eigenvalue weighted by atomic mass is 9.75. The highest BCUT2D eigenvalue weighted by molar-refractivity contribution is 6.29. The lowest BCUT2D eigenvalue weighted by molar-refractivity contribution is 0.0954. The Hall–Kier alpha value is -1.75. The number of nitrogens with zero attached hydrogens (tertiary/aromatic N) is 4. The van der Waals surface area contributed by atoms with Crippen LogP contribution in [-0.4, -0.2) is 25.8 Å². The van der Waals surface area contributed by atoms with Crippen LogP contribution >= 0.6 is 11.6 Å². The fourth-order valence-corrected chi connectivity index (χ4v) is 4.55. The molecule has 6 heteroatoms. The smallest absolute Gasteiger partial charge is 0.176 e. The minimum Gasteiger partial charge on any atom is -0.294 e. The van der Waals surface area contributed by atoms with E-state index in [0.29, 0.717) is 17.4 Å². The van der Waals surface area contributed by atoms with Crippen molar-refractivity contribution in [2.75, 3.05) is 0 Å². The van der Waals surface area contributed by atoms with E-state index in [2.05, 4.69) is 24.0 Å². The number of hydrogen-bond donors (Lipinski definition) is 0. The summed E-state index contributed by atoms with van der Waals surface area (Å²) >= 11 is 5.89. The van der Waals surface area contributed by atoms with Gasteiger partial charge in [-0.2, -0.15) is 5.10 Å². The Labute approximate surface area is 159 Å². The zero-order valence-electron chi connectivity index (χ0n) is 15.5. The van der Waals surface area contributed by atoms with Crippen LogP contribution in [0.1, 0.15) is 80.5 Å². The number of fused-ring (bicyclic) bond motifs is 1. The van der Waals surface area contributed by atoms with Crippen molar-refractivity contribution in [3.05, 3.63) is 34.2 Å². The van der Waals surface area contributed by atoms with E-state index in [1.165, 1.54) is 25.7 Å². The number of carbonyl (C=O) groups excluding carboxylic acids is 1. The Balaban J connectivity index is 1.77. The third-order valence-corrected chi connectivity index (χ3v) is 6.16. The lowest BCUT2D eigenvalue weighted by Gasteiger charge is -2.30. The number of aromatic nitrogens is 4. The summed E-state index contributed by atoms with van der Waals surface area (Å²) in [6, 6.07) is 3.53. The van der Waals surface area contributed by atoms with Gasteiger partial charge >= 0.3 is 0 Å². The van der Waals surface area contributed by atoms with E-state index < -0.39 is 0 Å². The van der Waals surface area contributed by atoms with Crippen LogP contribution < -0.4 is 0 Å². The number of Topliss-reactive ketones (excluding diaryl/α,β-unsaturated/α-hetero) is 1. The number of rotatable bonds is 4. The molecule has 0 bridgehead atoms. The molecule has 2 aliphatic rings. The van der Waals surface area contributed by atoms with Crippen molar-refractivity contribution in [2.24, 2.45) is 5.92 Å². The first-order valence-corrected chi connectivity index (χ1v) is 9.99. The predicted octanol–water partition coefficient (Wildman–Crippen LogP) is 4.69. The highest BCUT2D eigenvalue weighted by atomic mass is 35.5. The van der Waals surface area contributed by atoms with Gasteiger partial charge in [0, 0.05) is 11.8 Å². The van der Waals surface area contributed by atoms with Crippen molar-refractivity contribution in [3.63, 3.8) is 0 Å². The Morgan fingerprint density at radius 1 is 1.23 bits per heavy atom. The summed E-state index contributed by atoms with van der Waals surface area (Å²) < 4.78 is 1.83. The van der Waals surface area contributed by atoms with Crippen molar-refractivity contribution in [3.8, 4) is 5.82 Å². The maximum absolute atomic E-state index is 12.8. The summed E-state index contributed by atoms with van der Waals surface area (Å²) in [5.74, 6) is 1.62. The molecule has 138 valence electrons. The van der Waals surface area contributed by atoms with Crippen molar-refractivity contribution in [1.29, 1.82) is 0 Å². The largest absolute Gasteiger partial charge is 0.294 e. The molecular weight excluding hydrogens is 348 g/mol. The molecule has 26 heavy (non-hydrogen) atoms. The molecule has 0 N–H and O–H groups in total. The van der Waals surface area contributed by atoms with E-state index in [9.17, 15) is 4.79 Å². The standard InChI is InChI=1S/C20H25ClN4O/c1-20(2)12-11-15(26)18-14(8-7-13-5-3-4-6-13)24-25(19(18)20)17-10-9-16(21)22-23-17/h9-10,13H,3-8,11-12H2,1-2H3. The molecule has 0 aromatic carbocycles. The van der Waals surface area contributed by atoms with Crippen molar-refractivity contribution >= 4 is 17.4 Å². The molecule has 1 saturated carbocycles. The Morgan fingerprint density at radius 2 is 2.00 bits per heavy atom. The van der Waals surface area contributed by atoms with Gasteiger partial charge in [0.05, 0.1) is 17.0 Å². The van der Waals surface area contributed by atoms with Crippen LogP contribution in [0.3, 0.4) is 0 Å². The second-order valence-corrected chi connectivity index (χ2v) is 8.68. The van der Waals surface area contributed by atoms with Crippen LogP contribution in [-0.2, 0) is 11.8 Å². The van der Waals surface area contributed by atoms with E-state index >= 15 is 0 Å². The first kappa shape index (κ1) is 17.7. The topological polar surface area (TPSA) is 60.7 Å². The lowest BCUT2D eigenvalue weighted by Crippen LogP contribution is -2.30. The van der Waals surface area contributed by atoms with Crippen molar-refractivity contribution in [1.82, 2.24) is 20.0 Å². The number of hydrogen-bond acceptors (Lipinski definition) is 4. The van der Waals surface area contributed by atoms with Gasteiger partial charge in [0.2, 0.25) is 0 Å². The minimum atomic E-state index is -0.122. The van der Waals surface area contributed by atoms with E-state index in [4.69, 9.17) is 16.7 Å². The second-order valence-electron chi connectivity index (χ2n) is 8.29. The summed E-state index contributed by atoms with van der Waals surface area (Å²) in [7, 11) is 0. The fourth-order valence-electron chi connectivity index (χ4n) is 4.45. The number of carbonyl (C=O) groups is 1. The Morgan fingerprint density at radius 3 is 2.69 bits per heavy atom. The molecule has 2 aliphatic carbocycles. The molecule has 0 saturated heterocycles. The zero-order chi connectivity index (χ0) is 18.3. The van der Waals surface area contributed by atoms with Crippen LogP contribution in [0.15, 0.2) is 12.1 Å². The molecule has 4 rings (SSSR count). The van der Waals surface area contributed by atoms with Crippen LogP contribution in [0.4, 0.5) is 0 Å². The van der Waals surface area contributed by atoms with Gasteiger partial charge in [-0.1, -0.05) is 51.1 Å². The first-order chi connectivity index (χ1) is 12.5. The average molecular weight is 373 g/mol. The third-order valence-electron chi connectivity index (χ3n) is 5.95. The Kier molecular flexibility index (Phi) is 4.59. The van der Waals surface area contributed by atoms with Gasteiger partial charge in [-0.25, -0.2) is 4.68 Å². The highest BCUT2D eigenvalue weighted by Crippen LogP contribution is 2.40. The SMILES string of the molecule is CC1(C)CCC(=O)c2c(CCC3CCCC3)nn(-c3ccc(Cl)nn3)c21. The summed E-state index contributed by atoms with van der Waals surface area (Å²) in [6.45, 7) is 4.36. The Bertz CT molecular complexity index is 819. The molecule has 2 heterocycles. The maximum Gasteiger partial charge on any atom is 0.176 e. The number of aryl methyl sites for hydroxylation is 1. The number of ketones is 1. The van der Waals surface area contributed by atoms with E-state index in [-0.39, 0.29) is 11.2 Å². The second kappa shape index (κ2) is 6.76. The average Bonchev–Trinajstić information content (AvgIpc) is 3.26. The molecular formula is C20H25ClN4O. The summed E-state index contributed by atoms with van der Waals surface area (Å²) in [6.07, 6.45) is 8.69. The summed E-state index contributed by atoms with van der Waals surface area (Å²) in [5.41, 5.74) is 2.62. The highest BCUT2D eigenvalue weighted by Gasteiger charge is 2.39. The molecule has 5 nitrogen and oxygen atoms in total. The minimum absolute atomic E-state index is 0.122. The van der Waals surface area contributed by atoms with Crippen molar-refractivity contribution < 1.29 is 4.79 Å². The van der Waals surface area contributed by atoms with Crippen molar-refractivity contribution in [2.45, 2.75) is 70.6 Å². The molecule has 1 fully saturated rings. The monoisotopic (exact) mass is 372 g/mol. The molecule has 0 spiro atoms. The van der Waals surface area contributed by atoms with Gasteiger partial charge in [-0.15, -0.1) is 10.2 Å². The van der Waals surface area contributed by atoms with Gasteiger partial charge in [0.1, 0.15) is 0 Å². The van der Waals surface area contributed by atoms with E-state index in [0.717, 1.165) is 42.1 Å². The van der Waals surface area contributed by atoms with Gasteiger partial charge < -0.3 is 0 Å². The van der Waals surface area contributed by atoms with E-state index in [1.54, 1.807) is 6.07 Å². The third kappa shape index (κ3) is 3.18. The van der Waals surface area contributed by atoms with Crippen LogP contribution in [0.2, 0.25) is 5.15 Å². The van der Waals surface area contributed by atoms with Gasteiger partial charge in [0.25, 0.3) is 0 Å². The molecule has 0 atom stereocenters. The molecule has 0 unspecified atom stereocenters. The van der Waals surface area contributed by atoms with Crippen LogP contribution in [0.25, 0.3) is 5.82 Å². The number of halogens is 1. The van der Waals surface area contributed by atoms with Gasteiger partial charge in [-0.3, -0.25) is 4.79 Å². The zero-order valence-corrected chi connectivity index (χ0v) is 16.2. The van der Waals surface area contributed by atoms with Gasteiger partial charge in [0.15, 0.2) is 16.8 Å². The fraction of sp³-hybridized carbons (Fsp3) is 0.600. The van der Waals surface area contributed by atoms with Crippen LogP contribution in [0, 0.1) is 5.92 Å². The molecule has 0 radical (unpaired) electrons.